The summed E-state index contributed by atoms with van der Waals surface area (Å²) in [6.07, 6.45) is 4.47. The molecule has 3 rings (SSSR count). The van der Waals surface area contributed by atoms with Gasteiger partial charge in [-0.1, -0.05) is 24.3 Å². The number of rotatable bonds is 4. The molecule has 98 valence electrons. The van der Waals surface area contributed by atoms with Crippen molar-refractivity contribution in [2.45, 2.75) is 0 Å². The Morgan fingerprint density at radius 3 is 2.45 bits per heavy atom. The number of hydrogen-bond acceptors (Lipinski definition) is 2. The van der Waals surface area contributed by atoms with E-state index in [0.717, 1.165) is 23.5 Å². The van der Waals surface area contributed by atoms with Crippen LogP contribution in [0, 0.1) is 0 Å². The predicted octanol–water partition coefficient (Wildman–Crippen LogP) is 4.08. The van der Waals surface area contributed by atoms with Crippen molar-refractivity contribution in [3.8, 4) is 17.2 Å². The van der Waals surface area contributed by atoms with Gasteiger partial charge in [-0.3, -0.25) is 4.79 Å². The largest absolute Gasteiger partial charge is 0.457 e. The first-order valence-corrected chi connectivity index (χ1v) is 6.32. The van der Waals surface area contributed by atoms with Gasteiger partial charge < -0.3 is 9.30 Å². The number of aromatic nitrogens is 1. The summed E-state index contributed by atoms with van der Waals surface area (Å²) < 4.78 is 7.68. The third-order valence-corrected chi connectivity index (χ3v) is 2.95. The zero-order valence-corrected chi connectivity index (χ0v) is 10.8. The minimum atomic E-state index is 0.652. The average molecular weight is 263 g/mol. The Bertz CT molecular complexity index is 717. The summed E-state index contributed by atoms with van der Waals surface area (Å²) in [5, 5.41) is 0. The van der Waals surface area contributed by atoms with E-state index in [2.05, 4.69) is 0 Å². The Kier molecular flexibility index (Phi) is 3.33. The van der Waals surface area contributed by atoms with Crippen LogP contribution in [0.5, 0.6) is 11.5 Å². The minimum absolute atomic E-state index is 0.652. The van der Waals surface area contributed by atoms with Gasteiger partial charge >= 0.3 is 0 Å². The lowest BCUT2D eigenvalue weighted by atomic mass is 10.3. The molecular weight excluding hydrogens is 250 g/mol. The molecule has 0 bridgehead atoms. The number of benzene rings is 2. The van der Waals surface area contributed by atoms with Gasteiger partial charge in [0.1, 0.15) is 11.5 Å². The van der Waals surface area contributed by atoms with Gasteiger partial charge in [-0.05, 0) is 30.3 Å². The van der Waals surface area contributed by atoms with Gasteiger partial charge in [-0.2, -0.15) is 0 Å². The summed E-state index contributed by atoms with van der Waals surface area (Å²) in [4.78, 5) is 10.7. The van der Waals surface area contributed by atoms with Crippen LogP contribution < -0.4 is 4.74 Å². The molecule has 3 nitrogen and oxygen atoms in total. The van der Waals surface area contributed by atoms with E-state index in [0.29, 0.717) is 5.56 Å². The zero-order chi connectivity index (χ0) is 13.8. The maximum absolute atomic E-state index is 10.7. The van der Waals surface area contributed by atoms with Crippen LogP contribution in [0.25, 0.3) is 5.69 Å². The summed E-state index contributed by atoms with van der Waals surface area (Å²) in [7, 11) is 0. The highest BCUT2D eigenvalue weighted by molar-refractivity contribution is 5.74. The van der Waals surface area contributed by atoms with Crippen LogP contribution in [-0.2, 0) is 0 Å². The van der Waals surface area contributed by atoms with E-state index in [4.69, 9.17) is 4.74 Å². The van der Waals surface area contributed by atoms with Crippen LogP contribution in [0.15, 0.2) is 73.1 Å². The number of nitrogens with zero attached hydrogens (tertiary/aromatic N) is 1. The number of hydrogen-bond donors (Lipinski definition) is 0. The standard InChI is InChI=1S/C17H13NO2/c19-13-14-9-10-18(12-14)15-5-4-8-17(11-15)20-16-6-2-1-3-7-16/h1-13H. The predicted molar refractivity (Wildman–Crippen MR) is 77.7 cm³/mol. The summed E-state index contributed by atoms with van der Waals surface area (Å²) in [6, 6.07) is 19.1. The number of aldehydes is 1. The van der Waals surface area contributed by atoms with Crippen LogP contribution in [-0.4, -0.2) is 10.9 Å². The van der Waals surface area contributed by atoms with E-state index in [1.54, 1.807) is 12.3 Å². The Morgan fingerprint density at radius 1 is 0.900 bits per heavy atom. The number of para-hydroxylation sites is 1. The fourth-order valence-corrected chi connectivity index (χ4v) is 1.98. The summed E-state index contributed by atoms with van der Waals surface area (Å²) in [5.74, 6) is 1.56. The van der Waals surface area contributed by atoms with Crippen molar-refractivity contribution in [3.63, 3.8) is 0 Å². The molecule has 0 amide bonds. The van der Waals surface area contributed by atoms with Gasteiger partial charge in [-0.25, -0.2) is 0 Å². The van der Waals surface area contributed by atoms with Gasteiger partial charge in [0.15, 0.2) is 6.29 Å². The quantitative estimate of drug-likeness (QED) is 0.664. The van der Waals surface area contributed by atoms with Crippen molar-refractivity contribution < 1.29 is 9.53 Å². The molecular formula is C17H13NO2. The topological polar surface area (TPSA) is 31.2 Å². The Balaban J connectivity index is 1.87. The van der Waals surface area contributed by atoms with Crippen LogP contribution in [0.3, 0.4) is 0 Å². The second-order valence-electron chi connectivity index (χ2n) is 4.38. The van der Waals surface area contributed by atoms with Crippen molar-refractivity contribution in [2.24, 2.45) is 0 Å². The Hall–Kier alpha value is -2.81. The van der Waals surface area contributed by atoms with Gasteiger partial charge in [-0.15, -0.1) is 0 Å². The fraction of sp³-hybridized carbons (Fsp3) is 0. The SMILES string of the molecule is O=Cc1ccn(-c2cccc(Oc3ccccc3)c2)c1. The third-order valence-electron chi connectivity index (χ3n) is 2.95. The Morgan fingerprint density at radius 2 is 1.70 bits per heavy atom. The van der Waals surface area contributed by atoms with Crippen LogP contribution in [0.4, 0.5) is 0 Å². The monoisotopic (exact) mass is 263 g/mol. The second-order valence-corrected chi connectivity index (χ2v) is 4.38. The average Bonchev–Trinajstić information content (AvgIpc) is 2.98. The highest BCUT2D eigenvalue weighted by atomic mass is 16.5. The van der Waals surface area contributed by atoms with Gasteiger partial charge in [0.25, 0.3) is 0 Å². The normalized spacial score (nSPS) is 10.2. The van der Waals surface area contributed by atoms with Gasteiger partial charge in [0.05, 0.1) is 0 Å². The molecule has 0 atom stereocenters. The zero-order valence-electron chi connectivity index (χ0n) is 10.8. The van der Waals surface area contributed by atoms with Crippen molar-refractivity contribution in [1.82, 2.24) is 4.57 Å². The molecule has 0 aliphatic rings. The summed E-state index contributed by atoms with van der Waals surface area (Å²) >= 11 is 0. The van der Waals surface area contributed by atoms with Gasteiger partial charge in [0.2, 0.25) is 0 Å². The molecule has 3 aromatic rings. The first-order valence-electron chi connectivity index (χ1n) is 6.32. The lowest BCUT2D eigenvalue weighted by Gasteiger charge is -2.08. The molecule has 20 heavy (non-hydrogen) atoms. The molecule has 0 saturated heterocycles. The summed E-state index contributed by atoms with van der Waals surface area (Å²) in [5.41, 5.74) is 1.60. The molecule has 0 radical (unpaired) electrons. The van der Waals surface area contributed by atoms with E-state index >= 15 is 0 Å². The number of carbonyl (C=O) groups is 1. The Labute approximate surface area is 117 Å². The molecule has 0 unspecified atom stereocenters. The van der Waals surface area contributed by atoms with E-state index < -0.39 is 0 Å². The minimum Gasteiger partial charge on any atom is -0.457 e. The number of carbonyl (C=O) groups excluding carboxylic acids is 1. The van der Waals surface area contributed by atoms with Crippen molar-refractivity contribution in [2.75, 3.05) is 0 Å². The molecule has 1 aromatic heterocycles. The molecule has 2 aromatic carbocycles. The van der Waals surface area contributed by atoms with Crippen LogP contribution >= 0.6 is 0 Å². The van der Waals surface area contributed by atoms with E-state index in [1.807, 2.05) is 65.4 Å². The highest BCUT2D eigenvalue weighted by Crippen LogP contribution is 2.23. The first-order chi connectivity index (χ1) is 9.85. The van der Waals surface area contributed by atoms with E-state index in [-0.39, 0.29) is 0 Å². The highest BCUT2D eigenvalue weighted by Gasteiger charge is 2.01. The van der Waals surface area contributed by atoms with Gasteiger partial charge in [0, 0.05) is 29.7 Å². The van der Waals surface area contributed by atoms with Crippen molar-refractivity contribution in [1.29, 1.82) is 0 Å². The molecule has 0 saturated carbocycles. The molecule has 1 heterocycles. The van der Waals surface area contributed by atoms with Crippen molar-refractivity contribution >= 4 is 6.29 Å². The molecule has 0 spiro atoms. The number of ether oxygens (including phenoxy) is 1. The van der Waals surface area contributed by atoms with Crippen LogP contribution in [0.2, 0.25) is 0 Å². The maximum Gasteiger partial charge on any atom is 0.151 e. The second kappa shape index (κ2) is 5.45. The molecule has 0 aliphatic heterocycles. The lowest BCUT2D eigenvalue weighted by Crippen LogP contribution is -1.91. The fourth-order valence-electron chi connectivity index (χ4n) is 1.98. The first kappa shape index (κ1) is 12.2. The lowest BCUT2D eigenvalue weighted by molar-refractivity contribution is 0.112. The van der Waals surface area contributed by atoms with Crippen LogP contribution in [0.1, 0.15) is 10.4 Å². The maximum atomic E-state index is 10.7. The molecule has 3 heteroatoms. The van der Waals surface area contributed by atoms with E-state index in [1.165, 1.54) is 0 Å². The third kappa shape index (κ3) is 2.62. The molecule has 0 aliphatic carbocycles. The van der Waals surface area contributed by atoms with E-state index in [9.17, 15) is 4.79 Å². The smallest absolute Gasteiger partial charge is 0.151 e. The van der Waals surface area contributed by atoms with Crippen molar-refractivity contribution in [3.05, 3.63) is 78.6 Å². The molecule has 0 N–H and O–H groups in total. The molecule has 0 fully saturated rings. The summed E-state index contributed by atoms with van der Waals surface area (Å²) in [6.45, 7) is 0.